The van der Waals surface area contributed by atoms with Gasteiger partial charge in [0.1, 0.15) is 0 Å². The van der Waals surface area contributed by atoms with Gasteiger partial charge in [-0.25, -0.2) is 0 Å². The van der Waals surface area contributed by atoms with E-state index in [-0.39, 0.29) is 11.2 Å². The normalized spacial score (nSPS) is 12.5. The van der Waals surface area contributed by atoms with Crippen molar-refractivity contribution in [2.24, 2.45) is 5.92 Å². The molecule has 0 heterocycles. The molecule has 19 heavy (non-hydrogen) atoms. The highest BCUT2D eigenvalue weighted by Crippen LogP contribution is 2.21. The first-order valence-corrected chi connectivity index (χ1v) is 7.73. The van der Waals surface area contributed by atoms with Gasteiger partial charge in [0.15, 0.2) is 0 Å². The molecule has 0 aliphatic rings. The maximum absolute atomic E-state index is 12.1. The van der Waals surface area contributed by atoms with Crippen LogP contribution in [0.15, 0.2) is 18.2 Å². The summed E-state index contributed by atoms with van der Waals surface area (Å²) in [6, 6.07) is 5.56. The van der Waals surface area contributed by atoms with Crippen LogP contribution in [0, 0.1) is 12.8 Å². The first-order valence-electron chi connectivity index (χ1n) is 6.68. The number of aryl methyl sites for hydroxylation is 1. The zero-order chi connectivity index (χ0) is 14.4. The van der Waals surface area contributed by atoms with E-state index >= 15 is 0 Å². The standard InChI is InChI=1S/C15H24N2OS/c1-10(2)7-8-19-12(4)15(18)17-14-9-13(16)6-5-11(14)3/h5-6,9-10,12H,7-8,16H2,1-4H3,(H,17,18). The average Bonchev–Trinajstić information content (AvgIpc) is 2.33. The lowest BCUT2D eigenvalue weighted by molar-refractivity contribution is -0.115. The van der Waals surface area contributed by atoms with E-state index in [4.69, 9.17) is 5.73 Å². The molecule has 0 bridgehead atoms. The second-order valence-corrected chi connectivity index (χ2v) is 6.71. The van der Waals surface area contributed by atoms with Crippen molar-refractivity contribution in [3.05, 3.63) is 23.8 Å². The Morgan fingerprint density at radius 3 is 2.68 bits per heavy atom. The molecule has 3 nitrogen and oxygen atoms in total. The molecule has 0 fully saturated rings. The molecule has 1 aromatic carbocycles. The van der Waals surface area contributed by atoms with E-state index in [1.807, 2.05) is 26.0 Å². The molecule has 1 atom stereocenters. The Bertz CT molecular complexity index is 432. The van der Waals surface area contributed by atoms with Gasteiger partial charge in [-0.3, -0.25) is 4.79 Å². The van der Waals surface area contributed by atoms with Crippen molar-refractivity contribution in [1.82, 2.24) is 0 Å². The van der Waals surface area contributed by atoms with Crippen LogP contribution in [0.5, 0.6) is 0 Å². The lowest BCUT2D eigenvalue weighted by Gasteiger charge is -2.14. The van der Waals surface area contributed by atoms with Gasteiger partial charge in [0.05, 0.1) is 5.25 Å². The minimum atomic E-state index is -0.0421. The van der Waals surface area contributed by atoms with Gasteiger partial charge >= 0.3 is 0 Å². The topological polar surface area (TPSA) is 55.1 Å². The number of nitrogens with one attached hydrogen (secondary N) is 1. The molecule has 0 saturated heterocycles. The van der Waals surface area contributed by atoms with Crippen molar-refractivity contribution in [2.45, 2.75) is 39.4 Å². The summed E-state index contributed by atoms with van der Waals surface area (Å²) in [6.45, 7) is 8.30. The van der Waals surface area contributed by atoms with E-state index in [0.29, 0.717) is 11.6 Å². The summed E-state index contributed by atoms with van der Waals surface area (Å²) in [5, 5.41) is 2.91. The Morgan fingerprint density at radius 1 is 1.37 bits per heavy atom. The fraction of sp³-hybridized carbons (Fsp3) is 0.533. The molecule has 0 radical (unpaired) electrons. The smallest absolute Gasteiger partial charge is 0.237 e. The molecule has 0 saturated carbocycles. The highest BCUT2D eigenvalue weighted by atomic mass is 32.2. The largest absolute Gasteiger partial charge is 0.399 e. The molecule has 0 aliphatic carbocycles. The van der Waals surface area contributed by atoms with Gasteiger partial charge in [0, 0.05) is 11.4 Å². The van der Waals surface area contributed by atoms with E-state index in [0.717, 1.165) is 23.4 Å². The van der Waals surface area contributed by atoms with Crippen LogP contribution in [0.2, 0.25) is 0 Å². The molecule has 1 amide bonds. The van der Waals surface area contributed by atoms with E-state index in [2.05, 4.69) is 19.2 Å². The van der Waals surface area contributed by atoms with Crippen LogP contribution in [0.1, 0.15) is 32.8 Å². The van der Waals surface area contributed by atoms with Crippen LogP contribution < -0.4 is 11.1 Å². The van der Waals surface area contributed by atoms with Crippen molar-refractivity contribution in [1.29, 1.82) is 0 Å². The number of hydrogen-bond donors (Lipinski definition) is 2. The Labute approximate surface area is 120 Å². The van der Waals surface area contributed by atoms with Crippen LogP contribution in [0.25, 0.3) is 0 Å². The first kappa shape index (κ1) is 15.9. The SMILES string of the molecule is Cc1ccc(N)cc1NC(=O)C(C)SCCC(C)C. The second-order valence-electron chi connectivity index (χ2n) is 5.26. The highest BCUT2D eigenvalue weighted by molar-refractivity contribution is 8.00. The summed E-state index contributed by atoms with van der Waals surface area (Å²) in [6.07, 6.45) is 1.14. The number of rotatable bonds is 6. The fourth-order valence-electron chi connectivity index (χ4n) is 1.56. The molecule has 0 spiro atoms. The van der Waals surface area contributed by atoms with Gasteiger partial charge < -0.3 is 11.1 Å². The Hall–Kier alpha value is -1.16. The summed E-state index contributed by atoms with van der Waals surface area (Å²) < 4.78 is 0. The molecule has 4 heteroatoms. The second kappa shape index (κ2) is 7.43. The maximum Gasteiger partial charge on any atom is 0.237 e. The zero-order valence-corrected chi connectivity index (χ0v) is 13.0. The summed E-state index contributed by atoms with van der Waals surface area (Å²) in [4.78, 5) is 12.1. The highest BCUT2D eigenvalue weighted by Gasteiger charge is 2.14. The van der Waals surface area contributed by atoms with Gasteiger partial charge in [0.2, 0.25) is 5.91 Å². The molecule has 1 aromatic rings. The van der Waals surface area contributed by atoms with Crippen LogP contribution in [-0.4, -0.2) is 16.9 Å². The molecule has 1 rings (SSSR count). The van der Waals surface area contributed by atoms with Gasteiger partial charge in [-0.1, -0.05) is 19.9 Å². The van der Waals surface area contributed by atoms with Gasteiger partial charge in [0.25, 0.3) is 0 Å². The number of nitrogen functional groups attached to an aromatic ring is 1. The average molecular weight is 280 g/mol. The molecule has 0 aliphatic heterocycles. The number of benzene rings is 1. The van der Waals surface area contributed by atoms with E-state index in [9.17, 15) is 4.79 Å². The van der Waals surface area contributed by atoms with Crippen LogP contribution in [-0.2, 0) is 4.79 Å². The molecular formula is C15H24N2OS. The quantitative estimate of drug-likeness (QED) is 0.781. The number of carbonyl (C=O) groups is 1. The first-order chi connectivity index (χ1) is 8.90. The van der Waals surface area contributed by atoms with Crippen LogP contribution in [0.3, 0.4) is 0 Å². The van der Waals surface area contributed by atoms with Gasteiger partial charge in [-0.05, 0) is 49.6 Å². The predicted octanol–water partition coefficient (Wildman–Crippen LogP) is 3.68. The van der Waals surface area contributed by atoms with Crippen LogP contribution >= 0.6 is 11.8 Å². The van der Waals surface area contributed by atoms with Crippen molar-refractivity contribution >= 4 is 29.0 Å². The summed E-state index contributed by atoms with van der Waals surface area (Å²) in [5.41, 5.74) is 8.24. The Morgan fingerprint density at radius 2 is 2.05 bits per heavy atom. The predicted molar refractivity (Wildman–Crippen MR) is 85.6 cm³/mol. The lowest BCUT2D eigenvalue weighted by atomic mass is 10.2. The van der Waals surface area contributed by atoms with Gasteiger partial charge in [-0.15, -0.1) is 11.8 Å². The number of carbonyl (C=O) groups excluding carboxylic acids is 1. The summed E-state index contributed by atoms with van der Waals surface area (Å²) in [7, 11) is 0. The number of amides is 1. The number of anilines is 2. The third-order valence-electron chi connectivity index (χ3n) is 2.95. The van der Waals surface area contributed by atoms with E-state index in [1.54, 1.807) is 17.8 Å². The monoisotopic (exact) mass is 280 g/mol. The van der Waals surface area contributed by atoms with E-state index in [1.165, 1.54) is 0 Å². The number of nitrogens with two attached hydrogens (primary N) is 1. The van der Waals surface area contributed by atoms with Crippen molar-refractivity contribution in [3.8, 4) is 0 Å². The number of hydrogen-bond acceptors (Lipinski definition) is 3. The number of thioether (sulfide) groups is 1. The minimum Gasteiger partial charge on any atom is -0.399 e. The molecule has 0 aromatic heterocycles. The molecular weight excluding hydrogens is 256 g/mol. The molecule has 106 valence electrons. The van der Waals surface area contributed by atoms with Crippen molar-refractivity contribution in [2.75, 3.05) is 16.8 Å². The minimum absolute atomic E-state index is 0.0421. The van der Waals surface area contributed by atoms with Crippen molar-refractivity contribution in [3.63, 3.8) is 0 Å². The zero-order valence-electron chi connectivity index (χ0n) is 12.2. The summed E-state index contributed by atoms with van der Waals surface area (Å²) in [5.74, 6) is 1.74. The molecule has 1 unspecified atom stereocenters. The van der Waals surface area contributed by atoms with Crippen molar-refractivity contribution < 1.29 is 4.79 Å². The lowest BCUT2D eigenvalue weighted by Crippen LogP contribution is -2.23. The Kier molecular flexibility index (Phi) is 6.22. The van der Waals surface area contributed by atoms with Crippen LogP contribution in [0.4, 0.5) is 11.4 Å². The molecule has 3 N–H and O–H groups in total. The Balaban J connectivity index is 2.51. The summed E-state index contributed by atoms with van der Waals surface area (Å²) >= 11 is 1.70. The third kappa shape index (κ3) is 5.55. The third-order valence-corrected chi connectivity index (χ3v) is 4.14. The van der Waals surface area contributed by atoms with E-state index < -0.39 is 0 Å². The van der Waals surface area contributed by atoms with Gasteiger partial charge in [-0.2, -0.15) is 0 Å². The maximum atomic E-state index is 12.1. The fourth-order valence-corrected chi connectivity index (χ4v) is 2.74.